The number of hydrogen-bond acceptors (Lipinski definition) is 9. The van der Waals surface area contributed by atoms with Crippen molar-refractivity contribution in [3.63, 3.8) is 0 Å². The van der Waals surface area contributed by atoms with Crippen LogP contribution in [-0.4, -0.2) is 70.4 Å². The Hall–Kier alpha value is -3.42. The number of morpholine rings is 1. The highest BCUT2D eigenvalue weighted by atomic mass is 16.5. The van der Waals surface area contributed by atoms with E-state index >= 15 is 0 Å². The maximum Gasteiger partial charge on any atom is 0.228 e. The minimum atomic E-state index is -0.509. The van der Waals surface area contributed by atoms with Gasteiger partial charge >= 0.3 is 0 Å². The Labute approximate surface area is 186 Å². The standard InChI is InChI=1S/C22H25N7O3/c1-14-13-32-5-4-29(14)11-17(12-30)27-18-6-16(8-24-19(18)7-23)20-9-26-21(10-25-20)28-22(31)15-2-3-15/h6,8-10,12,14-15,17,27H,2-5,11,13H2,1H3,(H,26,28,31). The van der Waals surface area contributed by atoms with E-state index in [4.69, 9.17) is 4.74 Å². The molecule has 2 aromatic rings. The molecule has 1 amide bonds. The van der Waals surface area contributed by atoms with Crippen LogP contribution in [0.5, 0.6) is 0 Å². The van der Waals surface area contributed by atoms with Crippen LogP contribution in [0.2, 0.25) is 0 Å². The van der Waals surface area contributed by atoms with Crippen molar-refractivity contribution in [2.45, 2.75) is 31.8 Å². The molecule has 1 saturated carbocycles. The van der Waals surface area contributed by atoms with E-state index in [1.54, 1.807) is 12.3 Å². The second kappa shape index (κ2) is 9.80. The fraction of sp³-hybridized carbons (Fsp3) is 0.455. The molecule has 2 atom stereocenters. The molecule has 4 rings (SSSR count). The third-order valence-electron chi connectivity index (χ3n) is 5.58. The highest BCUT2D eigenvalue weighted by Crippen LogP contribution is 2.30. The predicted octanol–water partition coefficient (Wildman–Crippen LogP) is 1.46. The largest absolute Gasteiger partial charge is 0.379 e. The van der Waals surface area contributed by atoms with E-state index in [1.165, 1.54) is 12.4 Å². The van der Waals surface area contributed by atoms with Crippen LogP contribution in [0.25, 0.3) is 11.3 Å². The Balaban J connectivity index is 1.48. The summed E-state index contributed by atoms with van der Waals surface area (Å²) in [5.41, 5.74) is 1.83. The maximum atomic E-state index is 11.9. The third kappa shape index (κ3) is 5.25. The number of nitrogens with one attached hydrogen (secondary N) is 2. The van der Waals surface area contributed by atoms with Crippen LogP contribution in [0.1, 0.15) is 25.5 Å². The quantitative estimate of drug-likeness (QED) is 0.591. The molecule has 10 nitrogen and oxygen atoms in total. The van der Waals surface area contributed by atoms with Crippen molar-refractivity contribution in [1.29, 1.82) is 5.26 Å². The number of nitriles is 1. The first-order valence-electron chi connectivity index (χ1n) is 10.6. The fourth-order valence-electron chi connectivity index (χ4n) is 3.53. The number of amides is 1. The van der Waals surface area contributed by atoms with E-state index in [-0.39, 0.29) is 23.6 Å². The van der Waals surface area contributed by atoms with Gasteiger partial charge in [0.05, 0.1) is 43.0 Å². The number of hydrogen-bond donors (Lipinski definition) is 2. The van der Waals surface area contributed by atoms with Gasteiger partial charge < -0.3 is 20.2 Å². The molecule has 10 heteroatoms. The number of rotatable bonds is 8. The number of aromatic nitrogens is 3. The van der Waals surface area contributed by atoms with E-state index in [2.05, 4.69) is 43.5 Å². The summed E-state index contributed by atoms with van der Waals surface area (Å²) >= 11 is 0. The third-order valence-corrected chi connectivity index (χ3v) is 5.58. The molecule has 166 valence electrons. The fourth-order valence-corrected chi connectivity index (χ4v) is 3.53. The number of ether oxygens (including phenoxy) is 1. The van der Waals surface area contributed by atoms with E-state index < -0.39 is 6.04 Å². The number of pyridine rings is 1. The molecule has 0 bridgehead atoms. The summed E-state index contributed by atoms with van der Waals surface area (Å²) < 4.78 is 5.45. The van der Waals surface area contributed by atoms with Gasteiger partial charge in [0, 0.05) is 36.8 Å². The highest BCUT2D eigenvalue weighted by Gasteiger charge is 2.29. The summed E-state index contributed by atoms with van der Waals surface area (Å²) in [6.45, 7) is 4.56. The summed E-state index contributed by atoms with van der Waals surface area (Å²) in [4.78, 5) is 38.6. The number of carbonyl (C=O) groups excluding carboxylic acids is 2. The summed E-state index contributed by atoms with van der Waals surface area (Å²) in [5, 5.41) is 15.4. The number of anilines is 2. The lowest BCUT2D eigenvalue weighted by Gasteiger charge is -2.34. The molecule has 1 saturated heterocycles. The molecule has 1 aliphatic heterocycles. The van der Waals surface area contributed by atoms with Crippen molar-refractivity contribution in [2.24, 2.45) is 5.92 Å². The summed E-state index contributed by atoms with van der Waals surface area (Å²) in [7, 11) is 0. The zero-order valence-electron chi connectivity index (χ0n) is 17.8. The van der Waals surface area contributed by atoms with Crippen LogP contribution in [-0.2, 0) is 14.3 Å². The predicted molar refractivity (Wildman–Crippen MR) is 117 cm³/mol. The molecule has 2 unspecified atom stereocenters. The maximum absolute atomic E-state index is 11.9. The molecule has 0 aromatic carbocycles. The molecular formula is C22H25N7O3. The van der Waals surface area contributed by atoms with Crippen molar-refractivity contribution in [2.75, 3.05) is 36.9 Å². The van der Waals surface area contributed by atoms with Crippen molar-refractivity contribution >= 4 is 23.7 Å². The lowest BCUT2D eigenvalue weighted by molar-refractivity contribution is -0.117. The Morgan fingerprint density at radius 1 is 1.34 bits per heavy atom. The van der Waals surface area contributed by atoms with Crippen LogP contribution in [0.15, 0.2) is 24.7 Å². The summed E-state index contributed by atoms with van der Waals surface area (Å²) in [6, 6.07) is 3.49. The van der Waals surface area contributed by atoms with Gasteiger partial charge in [-0.1, -0.05) is 0 Å². The van der Waals surface area contributed by atoms with Gasteiger partial charge in [-0.05, 0) is 25.8 Å². The molecule has 0 spiro atoms. The number of aldehydes is 1. The second-order valence-corrected chi connectivity index (χ2v) is 8.09. The summed E-state index contributed by atoms with van der Waals surface area (Å²) in [6.07, 6.45) is 7.24. The van der Waals surface area contributed by atoms with Crippen molar-refractivity contribution in [3.05, 3.63) is 30.4 Å². The lowest BCUT2D eigenvalue weighted by atomic mass is 10.1. The molecule has 1 aliphatic carbocycles. The SMILES string of the molecule is CC1COCCN1CC(C=O)Nc1cc(-c2cnc(NC(=O)C3CC3)cn2)cnc1C#N. The topological polar surface area (TPSA) is 133 Å². The average Bonchev–Trinajstić information content (AvgIpc) is 3.66. The minimum Gasteiger partial charge on any atom is -0.379 e. The van der Waals surface area contributed by atoms with Crippen LogP contribution >= 0.6 is 0 Å². The van der Waals surface area contributed by atoms with E-state index in [0.717, 1.165) is 25.7 Å². The molecule has 0 radical (unpaired) electrons. The average molecular weight is 435 g/mol. The lowest BCUT2D eigenvalue weighted by Crippen LogP contribution is -2.48. The van der Waals surface area contributed by atoms with Crippen LogP contribution in [0, 0.1) is 17.2 Å². The smallest absolute Gasteiger partial charge is 0.228 e. The van der Waals surface area contributed by atoms with Crippen LogP contribution in [0.3, 0.4) is 0 Å². The molecular weight excluding hydrogens is 410 g/mol. The van der Waals surface area contributed by atoms with Gasteiger partial charge in [0.15, 0.2) is 11.5 Å². The van der Waals surface area contributed by atoms with E-state index in [9.17, 15) is 14.9 Å². The number of nitrogens with zero attached hydrogens (tertiary/aromatic N) is 5. The van der Waals surface area contributed by atoms with Gasteiger partial charge in [-0.2, -0.15) is 5.26 Å². The Kier molecular flexibility index (Phi) is 6.68. The van der Waals surface area contributed by atoms with E-state index in [0.29, 0.717) is 42.5 Å². The van der Waals surface area contributed by atoms with Gasteiger partial charge in [-0.25, -0.2) is 9.97 Å². The minimum absolute atomic E-state index is 0.0342. The van der Waals surface area contributed by atoms with Gasteiger partial charge in [0.2, 0.25) is 5.91 Å². The van der Waals surface area contributed by atoms with Gasteiger partial charge in [0.25, 0.3) is 0 Å². The van der Waals surface area contributed by atoms with Crippen molar-refractivity contribution in [3.8, 4) is 17.3 Å². The van der Waals surface area contributed by atoms with Crippen molar-refractivity contribution in [1.82, 2.24) is 19.9 Å². The molecule has 2 N–H and O–H groups in total. The van der Waals surface area contributed by atoms with Gasteiger partial charge in [-0.15, -0.1) is 0 Å². The molecule has 32 heavy (non-hydrogen) atoms. The molecule has 3 heterocycles. The van der Waals surface area contributed by atoms with Gasteiger partial charge in [0.1, 0.15) is 12.4 Å². The zero-order valence-corrected chi connectivity index (χ0v) is 17.8. The first-order valence-corrected chi connectivity index (χ1v) is 10.6. The van der Waals surface area contributed by atoms with Gasteiger partial charge in [-0.3, -0.25) is 14.7 Å². The summed E-state index contributed by atoms with van der Waals surface area (Å²) in [5.74, 6) is 0.443. The molecule has 2 fully saturated rings. The Bertz CT molecular complexity index is 1020. The van der Waals surface area contributed by atoms with E-state index in [1.807, 2.05) is 0 Å². The first kappa shape index (κ1) is 21.8. The van der Waals surface area contributed by atoms with Crippen molar-refractivity contribution < 1.29 is 14.3 Å². The molecule has 2 aromatic heterocycles. The monoisotopic (exact) mass is 435 g/mol. The van der Waals surface area contributed by atoms with Crippen LogP contribution < -0.4 is 10.6 Å². The van der Waals surface area contributed by atoms with Crippen LogP contribution in [0.4, 0.5) is 11.5 Å². The zero-order chi connectivity index (χ0) is 22.5. The Morgan fingerprint density at radius 2 is 2.19 bits per heavy atom. The second-order valence-electron chi connectivity index (χ2n) is 8.09. The Morgan fingerprint density at radius 3 is 2.84 bits per heavy atom. The normalized spacial score (nSPS) is 19.6. The number of carbonyl (C=O) groups is 2. The highest BCUT2D eigenvalue weighted by molar-refractivity contribution is 5.93. The first-order chi connectivity index (χ1) is 15.6. The molecule has 2 aliphatic rings.